The van der Waals surface area contributed by atoms with Crippen molar-refractivity contribution < 1.29 is 9.53 Å². The van der Waals surface area contributed by atoms with Crippen LogP contribution in [0.1, 0.15) is 19.8 Å². The predicted octanol–water partition coefficient (Wildman–Crippen LogP) is 2.78. The zero-order valence-corrected chi connectivity index (χ0v) is 11.9. The van der Waals surface area contributed by atoms with Gasteiger partial charge in [-0.2, -0.15) is 10.5 Å². The standard InChI is InChI=1S/C15H16N4O2/c1-3-4-15(20)19-13-6-5-12(7-14(13)21-2)18-10-11(8-16)9-17/h5-7,10,18H,3-4H2,1-2H3,(H,19,20). The summed E-state index contributed by atoms with van der Waals surface area (Å²) in [4.78, 5) is 11.6. The lowest BCUT2D eigenvalue weighted by molar-refractivity contribution is -0.116. The van der Waals surface area contributed by atoms with Crippen LogP contribution < -0.4 is 15.4 Å². The van der Waals surface area contributed by atoms with Crippen LogP contribution in [0.25, 0.3) is 0 Å². The SMILES string of the molecule is CCCC(=O)Nc1ccc(NC=C(C#N)C#N)cc1OC. The highest BCUT2D eigenvalue weighted by Crippen LogP contribution is 2.28. The molecule has 2 N–H and O–H groups in total. The molecule has 0 radical (unpaired) electrons. The summed E-state index contributed by atoms with van der Waals surface area (Å²) in [7, 11) is 1.50. The Bertz CT molecular complexity index is 608. The van der Waals surface area contributed by atoms with Crippen LogP contribution >= 0.6 is 0 Å². The highest BCUT2D eigenvalue weighted by Gasteiger charge is 2.07. The van der Waals surface area contributed by atoms with Crippen LogP contribution in [-0.2, 0) is 4.79 Å². The number of nitrogens with zero attached hydrogens (tertiary/aromatic N) is 2. The van der Waals surface area contributed by atoms with Crippen molar-refractivity contribution in [3.05, 3.63) is 30.0 Å². The summed E-state index contributed by atoms with van der Waals surface area (Å²) in [5, 5.41) is 22.9. The number of carbonyl (C=O) groups excluding carboxylic acids is 1. The van der Waals surface area contributed by atoms with Gasteiger partial charge in [-0.15, -0.1) is 0 Å². The molecule has 0 aliphatic carbocycles. The predicted molar refractivity (Wildman–Crippen MR) is 79.5 cm³/mol. The molecular formula is C15H16N4O2. The molecular weight excluding hydrogens is 268 g/mol. The summed E-state index contributed by atoms with van der Waals surface area (Å²) in [6.07, 6.45) is 2.52. The number of hydrogen-bond donors (Lipinski definition) is 2. The summed E-state index contributed by atoms with van der Waals surface area (Å²) < 4.78 is 5.22. The quantitative estimate of drug-likeness (QED) is 0.783. The van der Waals surface area contributed by atoms with Gasteiger partial charge in [0.25, 0.3) is 0 Å². The first-order valence-electron chi connectivity index (χ1n) is 6.39. The van der Waals surface area contributed by atoms with Gasteiger partial charge in [0.2, 0.25) is 5.91 Å². The fourth-order valence-corrected chi connectivity index (χ4v) is 1.57. The molecule has 1 amide bonds. The van der Waals surface area contributed by atoms with Crippen molar-refractivity contribution >= 4 is 17.3 Å². The number of nitriles is 2. The Kier molecular flexibility index (Phi) is 6.30. The molecule has 6 heteroatoms. The van der Waals surface area contributed by atoms with Crippen LogP contribution in [0, 0.1) is 22.7 Å². The number of amides is 1. The Morgan fingerprint density at radius 1 is 1.38 bits per heavy atom. The van der Waals surface area contributed by atoms with Crippen molar-refractivity contribution in [1.29, 1.82) is 10.5 Å². The Morgan fingerprint density at radius 3 is 2.67 bits per heavy atom. The molecule has 0 spiro atoms. The van der Waals surface area contributed by atoms with Gasteiger partial charge in [0.05, 0.1) is 12.8 Å². The highest BCUT2D eigenvalue weighted by molar-refractivity contribution is 5.92. The molecule has 0 saturated heterocycles. The number of anilines is 2. The van der Waals surface area contributed by atoms with Gasteiger partial charge in [-0.05, 0) is 18.6 Å². The van der Waals surface area contributed by atoms with Crippen LogP contribution in [-0.4, -0.2) is 13.0 Å². The second-order valence-corrected chi connectivity index (χ2v) is 4.14. The van der Waals surface area contributed by atoms with Crippen LogP contribution in [0.3, 0.4) is 0 Å². The molecule has 0 heterocycles. The maximum Gasteiger partial charge on any atom is 0.224 e. The van der Waals surface area contributed by atoms with E-state index in [2.05, 4.69) is 10.6 Å². The number of methoxy groups -OCH3 is 1. The third kappa shape index (κ3) is 4.88. The van der Waals surface area contributed by atoms with Crippen molar-refractivity contribution in [2.45, 2.75) is 19.8 Å². The minimum Gasteiger partial charge on any atom is -0.494 e. The molecule has 0 saturated carbocycles. The van der Waals surface area contributed by atoms with Gasteiger partial charge >= 0.3 is 0 Å². The van der Waals surface area contributed by atoms with E-state index in [1.807, 2.05) is 6.92 Å². The third-order valence-electron chi connectivity index (χ3n) is 2.58. The van der Waals surface area contributed by atoms with Gasteiger partial charge in [0.1, 0.15) is 23.5 Å². The Hall–Kier alpha value is -2.99. The molecule has 0 aliphatic heterocycles. The van der Waals surface area contributed by atoms with Crippen LogP contribution in [0.4, 0.5) is 11.4 Å². The first-order chi connectivity index (χ1) is 10.1. The fourth-order valence-electron chi connectivity index (χ4n) is 1.57. The van der Waals surface area contributed by atoms with E-state index in [9.17, 15) is 4.79 Å². The molecule has 1 aromatic carbocycles. The minimum absolute atomic E-state index is 0.0331. The summed E-state index contributed by atoms with van der Waals surface area (Å²) in [5.41, 5.74) is 1.18. The third-order valence-corrected chi connectivity index (χ3v) is 2.58. The number of carbonyl (C=O) groups is 1. The van der Waals surface area contributed by atoms with E-state index < -0.39 is 0 Å². The number of benzene rings is 1. The van der Waals surface area contributed by atoms with Crippen molar-refractivity contribution in [2.75, 3.05) is 17.7 Å². The average molecular weight is 284 g/mol. The zero-order valence-electron chi connectivity index (χ0n) is 11.9. The lowest BCUT2D eigenvalue weighted by Gasteiger charge is -2.11. The summed E-state index contributed by atoms with van der Waals surface area (Å²) in [6, 6.07) is 8.58. The monoisotopic (exact) mass is 284 g/mol. The van der Waals surface area contributed by atoms with Crippen LogP contribution in [0.2, 0.25) is 0 Å². The molecule has 1 rings (SSSR count). The average Bonchev–Trinajstić information content (AvgIpc) is 2.49. The van der Waals surface area contributed by atoms with E-state index in [1.165, 1.54) is 13.3 Å². The Labute approximate surface area is 123 Å². The van der Waals surface area contributed by atoms with Crippen LogP contribution in [0.5, 0.6) is 5.75 Å². The summed E-state index contributed by atoms with van der Waals surface area (Å²) in [5.74, 6) is 0.418. The molecule has 0 aromatic heterocycles. The molecule has 0 aliphatic rings. The topological polar surface area (TPSA) is 97.9 Å². The van der Waals surface area contributed by atoms with E-state index in [0.717, 1.165) is 6.42 Å². The molecule has 1 aromatic rings. The number of allylic oxidation sites excluding steroid dienone is 1. The van der Waals surface area contributed by atoms with E-state index in [4.69, 9.17) is 15.3 Å². The largest absolute Gasteiger partial charge is 0.494 e. The van der Waals surface area contributed by atoms with Crippen molar-refractivity contribution in [3.63, 3.8) is 0 Å². The van der Waals surface area contributed by atoms with Gasteiger partial charge in [-0.1, -0.05) is 6.92 Å². The Morgan fingerprint density at radius 2 is 2.10 bits per heavy atom. The molecule has 0 unspecified atom stereocenters. The molecule has 21 heavy (non-hydrogen) atoms. The number of hydrogen-bond acceptors (Lipinski definition) is 5. The molecule has 0 fully saturated rings. The second-order valence-electron chi connectivity index (χ2n) is 4.14. The molecule has 108 valence electrons. The van der Waals surface area contributed by atoms with E-state index in [1.54, 1.807) is 30.3 Å². The zero-order chi connectivity index (χ0) is 15.7. The molecule has 6 nitrogen and oxygen atoms in total. The lowest BCUT2D eigenvalue weighted by atomic mass is 10.2. The summed E-state index contributed by atoms with van der Waals surface area (Å²) in [6.45, 7) is 1.93. The van der Waals surface area contributed by atoms with Crippen molar-refractivity contribution in [1.82, 2.24) is 0 Å². The minimum atomic E-state index is -0.0762. The van der Waals surface area contributed by atoms with Gasteiger partial charge in [-0.3, -0.25) is 4.79 Å². The normalized spacial score (nSPS) is 8.95. The van der Waals surface area contributed by atoms with Crippen molar-refractivity contribution in [2.24, 2.45) is 0 Å². The number of nitrogens with one attached hydrogen (secondary N) is 2. The van der Waals surface area contributed by atoms with Gasteiger partial charge in [-0.25, -0.2) is 0 Å². The summed E-state index contributed by atoms with van der Waals surface area (Å²) >= 11 is 0. The Balaban J connectivity index is 2.89. The first kappa shape index (κ1) is 16.1. The van der Waals surface area contributed by atoms with E-state index in [-0.39, 0.29) is 11.5 Å². The second kappa shape index (κ2) is 8.23. The maximum absolute atomic E-state index is 11.6. The van der Waals surface area contributed by atoms with E-state index >= 15 is 0 Å². The van der Waals surface area contributed by atoms with E-state index in [0.29, 0.717) is 23.5 Å². The van der Waals surface area contributed by atoms with Crippen molar-refractivity contribution in [3.8, 4) is 17.9 Å². The fraction of sp³-hybridized carbons (Fsp3) is 0.267. The number of ether oxygens (including phenoxy) is 1. The molecule has 0 atom stereocenters. The lowest BCUT2D eigenvalue weighted by Crippen LogP contribution is -2.11. The van der Waals surface area contributed by atoms with Gasteiger partial charge in [0, 0.05) is 24.4 Å². The van der Waals surface area contributed by atoms with Crippen LogP contribution in [0.15, 0.2) is 30.0 Å². The highest BCUT2D eigenvalue weighted by atomic mass is 16.5. The number of rotatable bonds is 6. The van der Waals surface area contributed by atoms with Gasteiger partial charge < -0.3 is 15.4 Å². The molecule has 0 bridgehead atoms. The first-order valence-corrected chi connectivity index (χ1v) is 6.39. The van der Waals surface area contributed by atoms with Gasteiger partial charge in [0.15, 0.2) is 0 Å². The smallest absolute Gasteiger partial charge is 0.224 e. The maximum atomic E-state index is 11.6.